The fourth-order valence-electron chi connectivity index (χ4n) is 2.31. The number of hydrogen-bond donors (Lipinski definition) is 1. The average molecular weight is 423 g/mol. The predicted octanol–water partition coefficient (Wildman–Crippen LogP) is 1.63. The zero-order valence-corrected chi connectivity index (χ0v) is 16.6. The van der Waals surface area contributed by atoms with Gasteiger partial charge in [-0.05, 0) is 36.4 Å². The molecule has 3 aromatic rings. The summed E-state index contributed by atoms with van der Waals surface area (Å²) in [5.41, 5.74) is 0.661. The van der Waals surface area contributed by atoms with Gasteiger partial charge < -0.3 is 9.26 Å². The van der Waals surface area contributed by atoms with E-state index in [-0.39, 0.29) is 22.2 Å². The van der Waals surface area contributed by atoms with E-state index < -0.39 is 19.9 Å². The van der Waals surface area contributed by atoms with Crippen LogP contribution in [0, 0.1) is 0 Å². The first-order valence-corrected chi connectivity index (χ1v) is 11.3. The molecule has 3 rings (SSSR count). The number of sulfone groups is 1. The monoisotopic (exact) mass is 423 g/mol. The van der Waals surface area contributed by atoms with Crippen LogP contribution in [0.2, 0.25) is 0 Å². The lowest BCUT2D eigenvalue weighted by Crippen LogP contribution is -2.23. The van der Waals surface area contributed by atoms with Crippen LogP contribution < -0.4 is 9.46 Å². The molecule has 0 unspecified atom stereocenters. The molecule has 0 fully saturated rings. The van der Waals surface area contributed by atoms with Crippen LogP contribution in [0.5, 0.6) is 5.75 Å². The number of aromatic nitrogens is 2. The summed E-state index contributed by atoms with van der Waals surface area (Å²) in [6, 6.07) is 11.9. The number of rotatable bonds is 7. The van der Waals surface area contributed by atoms with Gasteiger partial charge in [0.2, 0.25) is 21.7 Å². The molecule has 0 aliphatic rings. The molecule has 0 aliphatic heterocycles. The van der Waals surface area contributed by atoms with Crippen LogP contribution in [0.15, 0.2) is 62.8 Å². The Kier molecular flexibility index (Phi) is 5.49. The molecule has 0 atom stereocenters. The molecule has 11 heteroatoms. The normalized spacial score (nSPS) is 12.1. The zero-order chi connectivity index (χ0) is 20.4. The number of sulfonamides is 1. The minimum absolute atomic E-state index is 0.0336. The SMILES string of the molecule is COc1cccc(-c2noc(CNS(=O)(=O)c3ccc(S(C)(=O)=O)cc3)n2)c1. The summed E-state index contributed by atoms with van der Waals surface area (Å²) >= 11 is 0. The molecule has 1 N–H and O–H groups in total. The van der Waals surface area contributed by atoms with Crippen LogP contribution in [0.25, 0.3) is 11.4 Å². The molecule has 0 saturated heterocycles. The molecule has 1 aromatic heterocycles. The molecule has 0 amide bonds. The second-order valence-corrected chi connectivity index (χ2v) is 9.59. The molecule has 0 bridgehead atoms. The second kappa shape index (κ2) is 7.70. The number of methoxy groups -OCH3 is 1. The number of benzene rings is 2. The third-order valence-electron chi connectivity index (χ3n) is 3.77. The number of nitrogens with one attached hydrogen (secondary N) is 1. The van der Waals surface area contributed by atoms with Gasteiger partial charge in [-0.15, -0.1) is 0 Å². The minimum Gasteiger partial charge on any atom is -0.497 e. The molecule has 148 valence electrons. The van der Waals surface area contributed by atoms with E-state index >= 15 is 0 Å². The van der Waals surface area contributed by atoms with E-state index in [0.29, 0.717) is 17.1 Å². The average Bonchev–Trinajstić information content (AvgIpc) is 3.15. The van der Waals surface area contributed by atoms with Crippen LogP contribution in [0.1, 0.15) is 5.89 Å². The van der Waals surface area contributed by atoms with Gasteiger partial charge in [-0.2, -0.15) is 4.98 Å². The summed E-state index contributed by atoms with van der Waals surface area (Å²) in [5.74, 6) is 1.00. The van der Waals surface area contributed by atoms with E-state index in [1.165, 1.54) is 31.4 Å². The summed E-state index contributed by atoms with van der Waals surface area (Å²) in [6.45, 7) is -0.215. The third kappa shape index (κ3) is 4.55. The summed E-state index contributed by atoms with van der Waals surface area (Å²) in [5, 5.41) is 3.83. The van der Waals surface area contributed by atoms with E-state index in [2.05, 4.69) is 14.9 Å². The van der Waals surface area contributed by atoms with Crippen molar-refractivity contribution < 1.29 is 26.1 Å². The zero-order valence-electron chi connectivity index (χ0n) is 15.0. The Hall–Kier alpha value is -2.76. The van der Waals surface area contributed by atoms with Crippen molar-refractivity contribution in [3.8, 4) is 17.1 Å². The van der Waals surface area contributed by atoms with Crippen molar-refractivity contribution in [2.24, 2.45) is 0 Å². The van der Waals surface area contributed by atoms with Crippen molar-refractivity contribution in [1.29, 1.82) is 0 Å². The first-order valence-electron chi connectivity index (χ1n) is 7.96. The highest BCUT2D eigenvalue weighted by atomic mass is 32.2. The molecule has 0 spiro atoms. The van der Waals surface area contributed by atoms with Gasteiger partial charge in [-0.1, -0.05) is 17.3 Å². The van der Waals surface area contributed by atoms with Crippen molar-refractivity contribution in [3.63, 3.8) is 0 Å². The summed E-state index contributed by atoms with van der Waals surface area (Å²) in [6.07, 6.45) is 1.05. The Morgan fingerprint density at radius 1 is 1.04 bits per heavy atom. The van der Waals surface area contributed by atoms with Gasteiger partial charge >= 0.3 is 0 Å². The Morgan fingerprint density at radius 3 is 2.36 bits per heavy atom. The Balaban J connectivity index is 1.72. The van der Waals surface area contributed by atoms with Crippen molar-refractivity contribution in [3.05, 3.63) is 54.4 Å². The first-order chi connectivity index (χ1) is 13.2. The lowest BCUT2D eigenvalue weighted by Gasteiger charge is -2.05. The second-order valence-electron chi connectivity index (χ2n) is 5.81. The molecule has 0 saturated carbocycles. The summed E-state index contributed by atoms with van der Waals surface area (Å²) < 4.78 is 60.2. The maximum atomic E-state index is 12.4. The van der Waals surface area contributed by atoms with Crippen LogP contribution >= 0.6 is 0 Å². The highest BCUT2D eigenvalue weighted by molar-refractivity contribution is 7.90. The van der Waals surface area contributed by atoms with Crippen LogP contribution in [-0.2, 0) is 26.4 Å². The molecule has 1 heterocycles. The largest absolute Gasteiger partial charge is 0.497 e. The quantitative estimate of drug-likeness (QED) is 0.607. The van der Waals surface area contributed by atoms with E-state index in [1.807, 2.05) is 0 Å². The Labute approximate surface area is 162 Å². The topological polar surface area (TPSA) is 128 Å². The van der Waals surface area contributed by atoms with E-state index in [9.17, 15) is 16.8 Å². The van der Waals surface area contributed by atoms with Gasteiger partial charge in [-0.25, -0.2) is 21.6 Å². The maximum Gasteiger partial charge on any atom is 0.242 e. The Morgan fingerprint density at radius 2 is 1.71 bits per heavy atom. The van der Waals surface area contributed by atoms with Crippen LogP contribution in [0.3, 0.4) is 0 Å². The van der Waals surface area contributed by atoms with Gasteiger partial charge in [0, 0.05) is 11.8 Å². The number of hydrogen-bond acceptors (Lipinski definition) is 8. The lowest BCUT2D eigenvalue weighted by atomic mass is 10.2. The van der Waals surface area contributed by atoms with Crippen molar-refractivity contribution in [2.45, 2.75) is 16.3 Å². The van der Waals surface area contributed by atoms with Crippen LogP contribution in [-0.4, -0.2) is 40.3 Å². The van der Waals surface area contributed by atoms with Crippen molar-refractivity contribution >= 4 is 19.9 Å². The van der Waals surface area contributed by atoms with E-state index in [1.54, 1.807) is 24.3 Å². The maximum absolute atomic E-state index is 12.4. The smallest absolute Gasteiger partial charge is 0.242 e. The van der Waals surface area contributed by atoms with E-state index in [0.717, 1.165) is 6.26 Å². The standard InChI is InChI=1S/C17H17N3O6S2/c1-25-13-5-3-4-12(10-13)17-19-16(26-20-17)11-18-28(23,24)15-8-6-14(7-9-15)27(2,21)22/h3-10,18H,11H2,1-2H3. The van der Waals surface area contributed by atoms with Gasteiger partial charge in [0.25, 0.3) is 0 Å². The Bertz CT molecular complexity index is 1190. The fourth-order valence-corrected chi connectivity index (χ4v) is 3.92. The molecule has 0 aliphatic carbocycles. The first kappa shape index (κ1) is 20.0. The lowest BCUT2D eigenvalue weighted by molar-refractivity contribution is 0.376. The third-order valence-corrected chi connectivity index (χ3v) is 6.32. The van der Waals surface area contributed by atoms with E-state index in [4.69, 9.17) is 9.26 Å². The fraction of sp³-hybridized carbons (Fsp3) is 0.176. The van der Waals surface area contributed by atoms with Crippen molar-refractivity contribution in [1.82, 2.24) is 14.9 Å². The molecule has 28 heavy (non-hydrogen) atoms. The molecule has 9 nitrogen and oxygen atoms in total. The summed E-state index contributed by atoms with van der Waals surface area (Å²) in [4.78, 5) is 4.12. The highest BCUT2D eigenvalue weighted by Crippen LogP contribution is 2.21. The van der Waals surface area contributed by atoms with Gasteiger partial charge in [-0.3, -0.25) is 0 Å². The van der Waals surface area contributed by atoms with Gasteiger partial charge in [0.15, 0.2) is 9.84 Å². The number of nitrogens with zero attached hydrogens (tertiary/aromatic N) is 2. The molecular weight excluding hydrogens is 406 g/mol. The highest BCUT2D eigenvalue weighted by Gasteiger charge is 2.17. The predicted molar refractivity (Wildman–Crippen MR) is 99.9 cm³/mol. The number of ether oxygens (including phenoxy) is 1. The molecule has 2 aromatic carbocycles. The summed E-state index contributed by atoms with van der Waals surface area (Å²) in [7, 11) is -5.75. The van der Waals surface area contributed by atoms with Crippen molar-refractivity contribution in [2.75, 3.05) is 13.4 Å². The van der Waals surface area contributed by atoms with Gasteiger partial charge in [0.1, 0.15) is 5.75 Å². The molecular formula is C17H17N3O6S2. The minimum atomic E-state index is -3.88. The molecule has 0 radical (unpaired) electrons. The van der Waals surface area contributed by atoms with Gasteiger partial charge in [0.05, 0.1) is 23.4 Å². The van der Waals surface area contributed by atoms with Crippen LogP contribution in [0.4, 0.5) is 0 Å².